The number of nitrogens with zero attached hydrogens (tertiary/aromatic N) is 3. The maximum absolute atomic E-state index is 14.3. The molecular formula is C25H26F3N3O4. The Morgan fingerprint density at radius 2 is 1.74 bits per heavy atom. The Balaban J connectivity index is 1.75. The zero-order valence-electron chi connectivity index (χ0n) is 19.7. The third-order valence-electron chi connectivity index (χ3n) is 5.97. The van der Waals surface area contributed by atoms with E-state index in [1.54, 1.807) is 20.2 Å². The zero-order chi connectivity index (χ0) is 25.3. The lowest BCUT2D eigenvalue weighted by molar-refractivity contribution is 0.0827. The molecule has 1 fully saturated rings. The number of benzene rings is 2. The second-order valence-electron chi connectivity index (χ2n) is 8.65. The van der Waals surface area contributed by atoms with Gasteiger partial charge in [-0.3, -0.25) is 9.59 Å². The molecule has 0 unspecified atom stereocenters. The molecule has 4 rings (SSSR count). The average molecular weight is 489 g/mol. The fourth-order valence-corrected chi connectivity index (χ4v) is 4.05. The van der Waals surface area contributed by atoms with Crippen molar-refractivity contribution in [3.63, 3.8) is 0 Å². The number of amides is 1. The topological polar surface area (TPSA) is 66.2 Å². The summed E-state index contributed by atoms with van der Waals surface area (Å²) in [5, 5.41) is 0.246. The van der Waals surface area contributed by atoms with Crippen molar-refractivity contribution in [2.75, 3.05) is 63.8 Å². The second-order valence-corrected chi connectivity index (χ2v) is 8.65. The summed E-state index contributed by atoms with van der Waals surface area (Å²) in [5.74, 6) is -3.23. The number of anilines is 2. The molecular weight excluding hydrogens is 463 g/mol. The van der Waals surface area contributed by atoms with Crippen LogP contribution in [-0.2, 0) is 11.2 Å². The first-order valence-electron chi connectivity index (χ1n) is 11.2. The van der Waals surface area contributed by atoms with Crippen LogP contribution in [0, 0.1) is 17.5 Å². The molecule has 0 radical (unpaired) electrons. The van der Waals surface area contributed by atoms with Crippen molar-refractivity contribution in [3.8, 4) is 0 Å². The van der Waals surface area contributed by atoms with Gasteiger partial charge in [0, 0.05) is 64.5 Å². The fourth-order valence-electron chi connectivity index (χ4n) is 4.05. The lowest BCUT2D eigenvalue weighted by Crippen LogP contribution is -2.36. The van der Waals surface area contributed by atoms with E-state index in [1.807, 2.05) is 4.90 Å². The van der Waals surface area contributed by atoms with Gasteiger partial charge < -0.3 is 23.9 Å². The molecule has 1 aliphatic heterocycles. The van der Waals surface area contributed by atoms with Gasteiger partial charge >= 0.3 is 0 Å². The standard InChI is InChI=1S/C25H26F3N3O4/c1-29(2)25(33)16-10-15(4-5-30(3)20-13-17(26)12-19(27)23(20)28)24-18(11-16)21(32)14-22(35-24)31-6-8-34-9-7-31/h10-14H,4-9H2,1-3H3. The van der Waals surface area contributed by atoms with Gasteiger partial charge in [0.15, 0.2) is 22.9 Å². The summed E-state index contributed by atoms with van der Waals surface area (Å²) in [4.78, 5) is 30.4. The van der Waals surface area contributed by atoms with Crippen LogP contribution in [0.1, 0.15) is 15.9 Å². The van der Waals surface area contributed by atoms with Crippen molar-refractivity contribution in [2.24, 2.45) is 0 Å². The molecule has 0 saturated carbocycles. The Morgan fingerprint density at radius 1 is 1.03 bits per heavy atom. The number of hydrogen-bond donors (Lipinski definition) is 0. The minimum atomic E-state index is -1.28. The summed E-state index contributed by atoms with van der Waals surface area (Å²) in [6.45, 7) is 2.28. The number of likely N-dealkylation sites (N-methyl/N-ethyl adjacent to an activating group) is 1. The Kier molecular flexibility index (Phi) is 7.02. The van der Waals surface area contributed by atoms with Crippen LogP contribution in [0.15, 0.2) is 39.5 Å². The molecule has 3 aromatic rings. The van der Waals surface area contributed by atoms with Crippen molar-refractivity contribution < 1.29 is 27.1 Å². The molecule has 35 heavy (non-hydrogen) atoms. The number of carbonyl (C=O) groups is 1. The predicted molar refractivity (Wildman–Crippen MR) is 127 cm³/mol. The van der Waals surface area contributed by atoms with E-state index in [2.05, 4.69) is 0 Å². The normalized spacial score (nSPS) is 13.8. The van der Waals surface area contributed by atoms with Crippen LogP contribution < -0.4 is 15.2 Å². The van der Waals surface area contributed by atoms with Gasteiger partial charge in [-0.05, 0) is 24.1 Å². The van der Waals surface area contributed by atoms with E-state index in [4.69, 9.17) is 9.15 Å². The van der Waals surface area contributed by atoms with Gasteiger partial charge in [0.1, 0.15) is 11.4 Å². The van der Waals surface area contributed by atoms with Gasteiger partial charge in [-0.1, -0.05) is 0 Å². The van der Waals surface area contributed by atoms with E-state index < -0.39 is 17.5 Å². The number of rotatable bonds is 6. The largest absolute Gasteiger partial charge is 0.440 e. The van der Waals surface area contributed by atoms with Gasteiger partial charge in [-0.2, -0.15) is 0 Å². The van der Waals surface area contributed by atoms with Crippen LogP contribution in [0.2, 0.25) is 0 Å². The molecule has 0 atom stereocenters. The van der Waals surface area contributed by atoms with Crippen molar-refractivity contribution in [1.29, 1.82) is 0 Å². The fraction of sp³-hybridized carbons (Fsp3) is 0.360. The molecule has 0 aliphatic carbocycles. The van der Waals surface area contributed by atoms with Gasteiger partial charge in [0.05, 0.1) is 24.3 Å². The monoisotopic (exact) mass is 489 g/mol. The molecule has 1 saturated heterocycles. The van der Waals surface area contributed by atoms with Crippen LogP contribution in [0.4, 0.5) is 24.7 Å². The molecule has 0 bridgehead atoms. The lowest BCUT2D eigenvalue weighted by atomic mass is 10.0. The summed E-state index contributed by atoms with van der Waals surface area (Å²) in [7, 11) is 4.71. The highest BCUT2D eigenvalue weighted by Gasteiger charge is 2.21. The molecule has 1 amide bonds. The molecule has 2 aromatic carbocycles. The third kappa shape index (κ3) is 5.12. The van der Waals surface area contributed by atoms with Crippen LogP contribution in [-0.4, -0.2) is 64.8 Å². The van der Waals surface area contributed by atoms with E-state index in [9.17, 15) is 22.8 Å². The van der Waals surface area contributed by atoms with Crippen molar-refractivity contribution in [3.05, 3.63) is 69.1 Å². The van der Waals surface area contributed by atoms with Crippen LogP contribution in [0.5, 0.6) is 0 Å². The number of hydrogen-bond acceptors (Lipinski definition) is 6. The zero-order valence-corrected chi connectivity index (χ0v) is 19.7. The number of fused-ring (bicyclic) bond motifs is 1. The summed E-state index contributed by atoms with van der Waals surface area (Å²) in [6.07, 6.45) is 0.217. The molecule has 0 N–H and O–H groups in total. The van der Waals surface area contributed by atoms with Crippen LogP contribution in [0.25, 0.3) is 11.0 Å². The Morgan fingerprint density at radius 3 is 2.43 bits per heavy atom. The van der Waals surface area contributed by atoms with Gasteiger partial charge in [-0.25, -0.2) is 13.2 Å². The molecule has 2 heterocycles. The summed E-state index contributed by atoms with van der Waals surface area (Å²) >= 11 is 0. The maximum atomic E-state index is 14.3. The first kappa shape index (κ1) is 24.6. The number of ether oxygens (including phenoxy) is 1. The summed E-state index contributed by atoms with van der Waals surface area (Å²) < 4.78 is 53.2. The second kappa shape index (κ2) is 9.99. The smallest absolute Gasteiger partial charge is 0.253 e. The molecule has 1 aromatic heterocycles. The molecule has 1 aliphatic rings. The van der Waals surface area contributed by atoms with Crippen molar-refractivity contribution in [2.45, 2.75) is 6.42 Å². The first-order valence-corrected chi connectivity index (χ1v) is 11.2. The Bertz CT molecular complexity index is 1320. The SMILES string of the molecule is CN(C)C(=O)c1cc(CCN(C)c2cc(F)cc(F)c2F)c2oc(N3CCOCC3)cc(=O)c2c1. The maximum Gasteiger partial charge on any atom is 0.253 e. The highest BCUT2D eigenvalue weighted by atomic mass is 19.2. The summed E-state index contributed by atoms with van der Waals surface area (Å²) in [5.41, 5.74) is 0.629. The molecule has 10 heteroatoms. The van der Waals surface area contributed by atoms with E-state index in [-0.39, 0.29) is 35.4 Å². The number of morpholine rings is 1. The predicted octanol–water partition coefficient (Wildman–Crippen LogP) is 3.43. The minimum absolute atomic E-state index is 0.139. The van der Waals surface area contributed by atoms with Crippen molar-refractivity contribution >= 4 is 28.4 Å². The molecule has 186 valence electrons. The van der Waals surface area contributed by atoms with Gasteiger partial charge in [0.25, 0.3) is 5.91 Å². The molecule has 7 nitrogen and oxygen atoms in total. The van der Waals surface area contributed by atoms with E-state index >= 15 is 0 Å². The molecule has 0 spiro atoms. The van der Waals surface area contributed by atoms with Crippen molar-refractivity contribution in [1.82, 2.24) is 4.90 Å². The summed E-state index contributed by atoms with van der Waals surface area (Å²) in [6, 6.07) is 5.93. The quantitative estimate of drug-likeness (QED) is 0.495. The van der Waals surface area contributed by atoms with E-state index in [1.165, 1.54) is 29.0 Å². The third-order valence-corrected chi connectivity index (χ3v) is 5.97. The van der Waals surface area contributed by atoms with E-state index in [0.717, 1.165) is 6.07 Å². The number of carbonyl (C=O) groups excluding carboxylic acids is 1. The Labute approximate surface area is 200 Å². The minimum Gasteiger partial charge on any atom is -0.440 e. The van der Waals surface area contributed by atoms with Gasteiger partial charge in [0.2, 0.25) is 0 Å². The van der Waals surface area contributed by atoms with Gasteiger partial charge in [-0.15, -0.1) is 0 Å². The first-order chi connectivity index (χ1) is 16.7. The highest BCUT2D eigenvalue weighted by Crippen LogP contribution is 2.27. The van der Waals surface area contributed by atoms with E-state index in [0.29, 0.717) is 55.0 Å². The highest BCUT2D eigenvalue weighted by molar-refractivity contribution is 5.98. The average Bonchev–Trinajstić information content (AvgIpc) is 2.84. The lowest BCUT2D eigenvalue weighted by Gasteiger charge is -2.27. The Hall–Kier alpha value is -3.53. The number of halogens is 3. The van der Waals surface area contributed by atoms with Crippen LogP contribution in [0.3, 0.4) is 0 Å². The van der Waals surface area contributed by atoms with Crippen LogP contribution >= 0.6 is 0 Å².